The van der Waals surface area contributed by atoms with Gasteiger partial charge in [0.15, 0.2) is 0 Å². The Balaban J connectivity index is 2.71. The van der Waals surface area contributed by atoms with Crippen LogP contribution in [-0.4, -0.2) is 10.3 Å². The van der Waals surface area contributed by atoms with Gasteiger partial charge in [-0.1, -0.05) is 6.07 Å². The zero-order chi connectivity index (χ0) is 11.4. The largest absolute Gasteiger partial charge is 0.312 e. The third kappa shape index (κ3) is 1.44. The Morgan fingerprint density at radius 2 is 1.60 bits per heavy atom. The van der Waals surface area contributed by atoms with Gasteiger partial charge in [0.05, 0.1) is 11.1 Å². The van der Waals surface area contributed by atoms with E-state index in [1.165, 1.54) is 19.8 Å². The second kappa shape index (κ2) is 3.18. The van der Waals surface area contributed by atoms with Crippen LogP contribution in [-0.2, 0) is 11.1 Å². The van der Waals surface area contributed by atoms with Crippen molar-refractivity contribution in [1.29, 1.82) is 0 Å². The highest BCUT2D eigenvalue weighted by molar-refractivity contribution is 14.1. The molecule has 2 nitrogen and oxygen atoms in total. The van der Waals surface area contributed by atoms with Crippen molar-refractivity contribution in [2.75, 3.05) is 0 Å². The van der Waals surface area contributed by atoms with E-state index in [1.807, 2.05) is 13.8 Å². The minimum Gasteiger partial charge on any atom is -0.312 e. The average Bonchev–Trinajstić information content (AvgIpc) is 2.26. The van der Waals surface area contributed by atoms with Crippen LogP contribution >= 0.6 is 22.6 Å². The van der Waals surface area contributed by atoms with Crippen molar-refractivity contribution in [3.8, 4) is 0 Å². The van der Waals surface area contributed by atoms with Crippen LogP contribution in [0.25, 0.3) is 0 Å². The van der Waals surface area contributed by atoms with Gasteiger partial charge in [-0.05, 0) is 73.5 Å². The molecular weight excluding hydrogens is 301 g/mol. The fourth-order valence-corrected chi connectivity index (χ4v) is 2.97. The van der Waals surface area contributed by atoms with E-state index in [9.17, 15) is 5.21 Å². The van der Waals surface area contributed by atoms with Crippen LogP contribution in [0, 0.1) is 3.57 Å². The lowest BCUT2D eigenvalue weighted by Crippen LogP contribution is -2.42. The van der Waals surface area contributed by atoms with Crippen molar-refractivity contribution in [2.45, 2.75) is 38.8 Å². The molecule has 0 aromatic heterocycles. The molecule has 1 aliphatic rings. The van der Waals surface area contributed by atoms with E-state index >= 15 is 0 Å². The van der Waals surface area contributed by atoms with Gasteiger partial charge in [0.1, 0.15) is 0 Å². The molecule has 0 fully saturated rings. The molecule has 82 valence electrons. The zero-order valence-corrected chi connectivity index (χ0v) is 11.7. The molecule has 0 aliphatic carbocycles. The fourth-order valence-electron chi connectivity index (χ4n) is 2.48. The fraction of sp³-hybridized carbons (Fsp3) is 0.500. The molecule has 1 aromatic rings. The molecular formula is C12H16INO. The van der Waals surface area contributed by atoms with Crippen LogP contribution in [0.2, 0.25) is 0 Å². The van der Waals surface area contributed by atoms with E-state index < -0.39 is 0 Å². The van der Waals surface area contributed by atoms with Gasteiger partial charge in [-0.25, -0.2) is 0 Å². The van der Waals surface area contributed by atoms with E-state index in [1.54, 1.807) is 0 Å². The van der Waals surface area contributed by atoms with Gasteiger partial charge in [0.2, 0.25) is 0 Å². The molecule has 1 N–H and O–H groups in total. The van der Waals surface area contributed by atoms with Crippen molar-refractivity contribution < 1.29 is 5.21 Å². The van der Waals surface area contributed by atoms with Crippen molar-refractivity contribution in [1.82, 2.24) is 5.06 Å². The summed E-state index contributed by atoms with van der Waals surface area (Å²) in [5.74, 6) is 0. The van der Waals surface area contributed by atoms with Gasteiger partial charge in [-0.3, -0.25) is 0 Å². The number of rotatable bonds is 0. The molecule has 0 bridgehead atoms. The zero-order valence-electron chi connectivity index (χ0n) is 9.50. The summed E-state index contributed by atoms with van der Waals surface area (Å²) in [4.78, 5) is 0. The standard InChI is InChI=1S/C12H16INO/c1-11(2)9-6-5-8(13)7-10(9)12(3,4)14(11)15/h5-7,15H,1-4H3. The third-order valence-corrected chi connectivity index (χ3v) is 4.03. The number of hydrogen-bond acceptors (Lipinski definition) is 2. The van der Waals surface area contributed by atoms with Gasteiger partial charge < -0.3 is 5.21 Å². The third-order valence-electron chi connectivity index (χ3n) is 3.36. The normalized spacial score (nSPS) is 22.8. The molecule has 0 spiro atoms. The summed E-state index contributed by atoms with van der Waals surface area (Å²) in [6, 6.07) is 6.37. The molecule has 1 aromatic carbocycles. The van der Waals surface area contributed by atoms with Gasteiger partial charge >= 0.3 is 0 Å². The number of nitrogens with zero attached hydrogens (tertiary/aromatic N) is 1. The Bertz CT molecular complexity index is 412. The number of hydrogen-bond donors (Lipinski definition) is 1. The Hall–Kier alpha value is -0.130. The van der Waals surface area contributed by atoms with E-state index in [-0.39, 0.29) is 11.1 Å². The van der Waals surface area contributed by atoms with Crippen molar-refractivity contribution in [2.24, 2.45) is 0 Å². The molecule has 0 radical (unpaired) electrons. The van der Waals surface area contributed by atoms with E-state index in [2.05, 4.69) is 54.6 Å². The maximum absolute atomic E-state index is 10.2. The number of halogens is 1. The lowest BCUT2D eigenvalue weighted by Gasteiger charge is -2.34. The van der Waals surface area contributed by atoms with Crippen molar-refractivity contribution >= 4 is 22.6 Å². The summed E-state index contributed by atoms with van der Waals surface area (Å²) in [6.07, 6.45) is 0. The average molecular weight is 317 g/mol. The molecule has 0 atom stereocenters. The molecule has 2 rings (SSSR count). The maximum Gasteiger partial charge on any atom is 0.0666 e. The number of hydroxylamine groups is 2. The molecule has 0 saturated heterocycles. The maximum atomic E-state index is 10.2. The summed E-state index contributed by atoms with van der Waals surface area (Å²) in [5, 5.41) is 11.7. The van der Waals surface area contributed by atoms with Crippen LogP contribution in [0.1, 0.15) is 38.8 Å². The molecule has 0 saturated carbocycles. The van der Waals surface area contributed by atoms with Gasteiger partial charge in [-0.15, -0.1) is 0 Å². The summed E-state index contributed by atoms with van der Waals surface area (Å²) in [5.41, 5.74) is 1.83. The lowest BCUT2D eigenvalue weighted by molar-refractivity contribution is -0.216. The predicted octanol–water partition coefficient (Wildman–Crippen LogP) is 3.47. The molecule has 3 heteroatoms. The van der Waals surface area contributed by atoms with Crippen LogP contribution in [0.15, 0.2) is 18.2 Å². The predicted molar refractivity (Wildman–Crippen MR) is 68.8 cm³/mol. The second-order valence-corrected chi connectivity index (χ2v) is 6.37. The first kappa shape index (κ1) is 11.4. The first-order chi connectivity index (χ1) is 6.78. The summed E-state index contributed by atoms with van der Waals surface area (Å²) >= 11 is 2.31. The number of benzene rings is 1. The summed E-state index contributed by atoms with van der Waals surface area (Å²) in [7, 11) is 0. The highest BCUT2D eigenvalue weighted by Gasteiger charge is 2.48. The summed E-state index contributed by atoms with van der Waals surface area (Å²) < 4.78 is 1.21. The second-order valence-electron chi connectivity index (χ2n) is 5.12. The highest BCUT2D eigenvalue weighted by atomic mass is 127. The minimum absolute atomic E-state index is 0.302. The highest BCUT2D eigenvalue weighted by Crippen LogP contribution is 2.48. The van der Waals surface area contributed by atoms with Crippen LogP contribution in [0.4, 0.5) is 0 Å². The molecule has 1 aliphatic heterocycles. The van der Waals surface area contributed by atoms with Crippen LogP contribution < -0.4 is 0 Å². The Morgan fingerprint density at radius 3 is 2.20 bits per heavy atom. The number of fused-ring (bicyclic) bond motifs is 1. The van der Waals surface area contributed by atoms with E-state index in [0.717, 1.165) is 0 Å². The first-order valence-electron chi connectivity index (χ1n) is 5.07. The van der Waals surface area contributed by atoms with Crippen LogP contribution in [0.5, 0.6) is 0 Å². The Kier molecular flexibility index (Phi) is 2.41. The first-order valence-corrected chi connectivity index (χ1v) is 6.15. The quantitative estimate of drug-likeness (QED) is 0.741. The van der Waals surface area contributed by atoms with Crippen molar-refractivity contribution in [3.63, 3.8) is 0 Å². The summed E-state index contributed by atoms with van der Waals surface area (Å²) in [6.45, 7) is 8.20. The molecule has 1 heterocycles. The van der Waals surface area contributed by atoms with E-state index in [4.69, 9.17) is 0 Å². The smallest absolute Gasteiger partial charge is 0.0666 e. The minimum atomic E-state index is -0.306. The Morgan fingerprint density at radius 1 is 1.07 bits per heavy atom. The monoisotopic (exact) mass is 317 g/mol. The topological polar surface area (TPSA) is 23.5 Å². The molecule has 0 amide bonds. The lowest BCUT2D eigenvalue weighted by atomic mass is 9.91. The SMILES string of the molecule is CC1(C)c2ccc(I)cc2C(C)(C)N1O. The van der Waals surface area contributed by atoms with Gasteiger partial charge in [0.25, 0.3) is 0 Å². The Labute approximate surface area is 104 Å². The van der Waals surface area contributed by atoms with Crippen LogP contribution in [0.3, 0.4) is 0 Å². The van der Waals surface area contributed by atoms with Gasteiger partial charge in [-0.2, -0.15) is 5.06 Å². The van der Waals surface area contributed by atoms with Gasteiger partial charge in [0, 0.05) is 3.57 Å². The van der Waals surface area contributed by atoms with E-state index in [0.29, 0.717) is 0 Å². The molecule has 15 heavy (non-hydrogen) atoms. The molecule has 0 unspecified atom stereocenters. The van der Waals surface area contributed by atoms with Crippen molar-refractivity contribution in [3.05, 3.63) is 32.9 Å².